The van der Waals surface area contributed by atoms with E-state index in [4.69, 9.17) is 5.53 Å². The highest BCUT2D eigenvalue weighted by molar-refractivity contribution is 5.43. The fourth-order valence-corrected chi connectivity index (χ4v) is 2.10. The van der Waals surface area contributed by atoms with Crippen LogP contribution in [-0.2, 0) is 6.54 Å². The van der Waals surface area contributed by atoms with Crippen LogP contribution in [0.4, 0.5) is 5.69 Å². The zero-order valence-corrected chi connectivity index (χ0v) is 10.2. The van der Waals surface area contributed by atoms with Crippen molar-refractivity contribution in [1.82, 2.24) is 9.78 Å². The van der Waals surface area contributed by atoms with Crippen LogP contribution in [0.2, 0.25) is 0 Å². The Morgan fingerprint density at radius 1 is 1.39 bits per heavy atom. The lowest BCUT2D eigenvalue weighted by atomic mass is 10.1. The molecule has 1 aromatic rings. The molecule has 0 bridgehead atoms. The van der Waals surface area contributed by atoms with Gasteiger partial charge >= 0.3 is 0 Å². The van der Waals surface area contributed by atoms with Crippen molar-refractivity contribution in [3.8, 4) is 0 Å². The Labute approximate surface area is 105 Å². The van der Waals surface area contributed by atoms with Crippen molar-refractivity contribution in [2.75, 3.05) is 24.5 Å². The minimum atomic E-state index is -0.147. The van der Waals surface area contributed by atoms with Crippen LogP contribution >= 0.6 is 0 Å². The zero-order valence-electron chi connectivity index (χ0n) is 10.2. The molecule has 0 unspecified atom stereocenters. The predicted octanol–water partition coefficient (Wildman–Crippen LogP) is 1.54. The van der Waals surface area contributed by atoms with Crippen LogP contribution in [0.3, 0.4) is 0 Å². The highest BCUT2D eigenvalue weighted by Gasteiger charge is 2.12. The molecule has 0 radical (unpaired) electrons. The molecule has 0 amide bonds. The van der Waals surface area contributed by atoms with Gasteiger partial charge in [-0.25, -0.2) is 4.68 Å². The van der Waals surface area contributed by atoms with Crippen molar-refractivity contribution < 1.29 is 0 Å². The van der Waals surface area contributed by atoms with Gasteiger partial charge in [0.15, 0.2) is 0 Å². The van der Waals surface area contributed by atoms with E-state index in [1.165, 1.54) is 23.9 Å². The van der Waals surface area contributed by atoms with Gasteiger partial charge in [-0.2, -0.15) is 5.10 Å². The molecule has 0 N–H and O–H groups in total. The zero-order chi connectivity index (χ0) is 12.8. The summed E-state index contributed by atoms with van der Waals surface area (Å²) in [6, 6.07) is 1.61. The summed E-state index contributed by atoms with van der Waals surface area (Å²) in [5, 5.41) is 7.50. The van der Waals surface area contributed by atoms with Crippen molar-refractivity contribution in [3.05, 3.63) is 33.1 Å². The summed E-state index contributed by atoms with van der Waals surface area (Å²) < 4.78 is 1.32. The monoisotopic (exact) mass is 248 g/mol. The lowest BCUT2D eigenvalue weighted by Gasteiger charge is -2.28. The molecule has 1 fully saturated rings. The van der Waals surface area contributed by atoms with Crippen LogP contribution in [0.25, 0.3) is 10.4 Å². The van der Waals surface area contributed by atoms with Gasteiger partial charge in [0, 0.05) is 30.6 Å². The molecule has 18 heavy (non-hydrogen) atoms. The summed E-state index contributed by atoms with van der Waals surface area (Å²) >= 11 is 0. The number of piperidine rings is 1. The number of hydrogen-bond donors (Lipinski definition) is 0. The Balaban J connectivity index is 2.08. The molecule has 2 rings (SSSR count). The molecule has 1 saturated heterocycles. The van der Waals surface area contributed by atoms with Gasteiger partial charge in [-0.15, -0.1) is 0 Å². The quantitative estimate of drug-likeness (QED) is 0.460. The van der Waals surface area contributed by atoms with Crippen LogP contribution in [0.5, 0.6) is 0 Å². The molecule has 7 heteroatoms. The van der Waals surface area contributed by atoms with Crippen LogP contribution in [-0.4, -0.2) is 29.4 Å². The molecule has 1 aliphatic rings. The van der Waals surface area contributed by atoms with E-state index in [9.17, 15) is 4.79 Å². The largest absolute Gasteiger partial charge is 0.370 e. The third-order valence-electron chi connectivity index (χ3n) is 3.05. The number of hydrogen-bond acceptors (Lipinski definition) is 4. The molecule has 96 valence electrons. The summed E-state index contributed by atoms with van der Waals surface area (Å²) in [5.41, 5.74) is 8.91. The maximum Gasteiger partial charge on any atom is 0.268 e. The summed E-state index contributed by atoms with van der Waals surface area (Å²) in [5.74, 6) is 0. The molecule has 1 aliphatic heterocycles. The van der Waals surface area contributed by atoms with Gasteiger partial charge in [0.25, 0.3) is 5.56 Å². The molecule has 0 aliphatic carbocycles. The molecule has 0 saturated carbocycles. The van der Waals surface area contributed by atoms with Gasteiger partial charge in [0.05, 0.1) is 18.4 Å². The first-order valence-corrected chi connectivity index (χ1v) is 6.14. The van der Waals surface area contributed by atoms with Crippen molar-refractivity contribution in [3.63, 3.8) is 0 Å². The van der Waals surface area contributed by atoms with E-state index in [0.717, 1.165) is 18.8 Å². The summed E-state index contributed by atoms with van der Waals surface area (Å²) in [6.07, 6.45) is 5.30. The third kappa shape index (κ3) is 3.01. The minimum Gasteiger partial charge on any atom is -0.370 e. The van der Waals surface area contributed by atoms with Gasteiger partial charge < -0.3 is 4.90 Å². The fourth-order valence-electron chi connectivity index (χ4n) is 2.10. The van der Waals surface area contributed by atoms with Gasteiger partial charge in [-0.3, -0.25) is 4.79 Å². The van der Waals surface area contributed by atoms with E-state index in [2.05, 4.69) is 20.0 Å². The second-order valence-corrected chi connectivity index (χ2v) is 4.28. The molecular weight excluding hydrogens is 232 g/mol. The number of azide groups is 1. The second kappa shape index (κ2) is 6.07. The predicted molar refractivity (Wildman–Crippen MR) is 68.6 cm³/mol. The van der Waals surface area contributed by atoms with Gasteiger partial charge in [0.2, 0.25) is 0 Å². The Morgan fingerprint density at radius 2 is 2.17 bits per heavy atom. The smallest absolute Gasteiger partial charge is 0.268 e. The number of anilines is 1. The Hall–Kier alpha value is -2.01. The summed E-state index contributed by atoms with van der Waals surface area (Å²) in [6.45, 7) is 2.54. The summed E-state index contributed by atoms with van der Waals surface area (Å²) in [4.78, 5) is 16.7. The average molecular weight is 248 g/mol. The topological polar surface area (TPSA) is 86.9 Å². The molecule has 0 spiro atoms. The Morgan fingerprint density at radius 3 is 2.83 bits per heavy atom. The molecule has 0 aromatic carbocycles. The summed E-state index contributed by atoms with van der Waals surface area (Å²) in [7, 11) is 0. The van der Waals surface area contributed by atoms with E-state index in [-0.39, 0.29) is 12.1 Å². The first-order valence-electron chi connectivity index (χ1n) is 6.14. The normalized spacial score (nSPS) is 15.2. The Bertz CT molecular complexity index is 499. The molecule has 2 heterocycles. The first kappa shape index (κ1) is 12.4. The fraction of sp³-hybridized carbons (Fsp3) is 0.636. The Kier molecular flexibility index (Phi) is 4.20. The van der Waals surface area contributed by atoms with E-state index >= 15 is 0 Å². The van der Waals surface area contributed by atoms with E-state index < -0.39 is 0 Å². The highest BCUT2D eigenvalue weighted by Crippen LogP contribution is 2.16. The molecule has 7 nitrogen and oxygen atoms in total. The van der Waals surface area contributed by atoms with Crippen LogP contribution in [0.1, 0.15) is 19.3 Å². The van der Waals surface area contributed by atoms with Crippen molar-refractivity contribution in [1.29, 1.82) is 0 Å². The van der Waals surface area contributed by atoms with Crippen LogP contribution in [0, 0.1) is 0 Å². The van der Waals surface area contributed by atoms with Crippen LogP contribution < -0.4 is 10.5 Å². The molecule has 1 aromatic heterocycles. The van der Waals surface area contributed by atoms with E-state index in [1.807, 2.05) is 0 Å². The lowest BCUT2D eigenvalue weighted by Crippen LogP contribution is -2.32. The second-order valence-electron chi connectivity index (χ2n) is 4.28. The van der Waals surface area contributed by atoms with Crippen molar-refractivity contribution >= 4 is 5.69 Å². The van der Waals surface area contributed by atoms with Gasteiger partial charge in [0.1, 0.15) is 0 Å². The highest BCUT2D eigenvalue weighted by atomic mass is 16.1. The maximum atomic E-state index is 11.8. The lowest BCUT2D eigenvalue weighted by molar-refractivity contribution is 0.563. The molecule has 0 atom stereocenters. The first-order chi connectivity index (χ1) is 8.81. The third-order valence-corrected chi connectivity index (χ3v) is 3.05. The van der Waals surface area contributed by atoms with E-state index in [1.54, 1.807) is 12.3 Å². The standard InChI is InChI=1S/C11H16N6O/c12-15-13-4-7-17-11(18)8-10(9-14-17)16-5-2-1-3-6-16/h8-9H,1-7H2. The van der Waals surface area contributed by atoms with Gasteiger partial charge in [-0.1, -0.05) is 5.11 Å². The number of rotatable bonds is 4. The SMILES string of the molecule is [N-]=[N+]=NCCn1ncc(N2CCCCC2)cc1=O. The van der Waals surface area contributed by atoms with Crippen molar-refractivity contribution in [2.45, 2.75) is 25.8 Å². The van der Waals surface area contributed by atoms with Crippen molar-refractivity contribution in [2.24, 2.45) is 5.11 Å². The number of aromatic nitrogens is 2. The minimum absolute atomic E-state index is 0.147. The average Bonchev–Trinajstić information content (AvgIpc) is 2.42. The van der Waals surface area contributed by atoms with E-state index in [0.29, 0.717) is 6.54 Å². The van der Waals surface area contributed by atoms with Gasteiger partial charge in [-0.05, 0) is 24.8 Å². The molecular formula is C11H16N6O. The van der Waals surface area contributed by atoms with Crippen LogP contribution in [0.15, 0.2) is 22.2 Å². The number of nitrogens with zero attached hydrogens (tertiary/aromatic N) is 6. The maximum absolute atomic E-state index is 11.8.